The number of piperidine rings is 1. The van der Waals surface area contributed by atoms with Gasteiger partial charge in [-0.05, 0) is 68.5 Å². The number of nitrogens with one attached hydrogen (secondary N) is 2. The van der Waals surface area contributed by atoms with Gasteiger partial charge in [-0.1, -0.05) is 13.8 Å². The zero-order chi connectivity index (χ0) is 17.8. The molecule has 2 unspecified atom stereocenters. The molecule has 1 saturated heterocycles. The van der Waals surface area contributed by atoms with Gasteiger partial charge < -0.3 is 15.5 Å². The molecule has 1 aromatic rings. The molecule has 2 fully saturated rings. The lowest BCUT2D eigenvalue weighted by atomic mass is 9.96. The van der Waals surface area contributed by atoms with Crippen LogP contribution in [0.25, 0.3) is 0 Å². The normalized spacial score (nSPS) is 23.4. The number of amides is 2. The molecule has 2 atom stereocenters. The third-order valence-corrected chi connectivity index (χ3v) is 5.43. The van der Waals surface area contributed by atoms with Crippen LogP contribution in [0.2, 0.25) is 0 Å². The van der Waals surface area contributed by atoms with E-state index in [0.717, 1.165) is 51.1 Å². The number of anilines is 1. The first-order chi connectivity index (χ1) is 12.1. The van der Waals surface area contributed by atoms with Gasteiger partial charge in [0, 0.05) is 30.3 Å². The van der Waals surface area contributed by atoms with Crippen molar-refractivity contribution in [2.75, 3.05) is 31.5 Å². The molecule has 0 radical (unpaired) electrons. The summed E-state index contributed by atoms with van der Waals surface area (Å²) < 4.78 is 0. The SMILES string of the molecule is CCNCC1CCN(C(=O)c2ccc(NC(=O)C3CC3C)cc2)CC1. The van der Waals surface area contributed by atoms with E-state index in [1.165, 1.54) is 0 Å². The van der Waals surface area contributed by atoms with E-state index < -0.39 is 0 Å². The third-order valence-electron chi connectivity index (χ3n) is 5.43. The maximum atomic E-state index is 12.6. The Morgan fingerprint density at radius 2 is 1.80 bits per heavy atom. The van der Waals surface area contributed by atoms with Crippen molar-refractivity contribution in [3.63, 3.8) is 0 Å². The molecule has 1 heterocycles. The minimum absolute atomic E-state index is 0.0920. The fraction of sp³-hybridized carbons (Fsp3) is 0.600. The largest absolute Gasteiger partial charge is 0.339 e. The molecule has 2 amide bonds. The molecule has 25 heavy (non-hydrogen) atoms. The smallest absolute Gasteiger partial charge is 0.253 e. The van der Waals surface area contributed by atoms with Crippen LogP contribution in [0.3, 0.4) is 0 Å². The molecule has 0 aromatic heterocycles. The predicted octanol–water partition coefficient (Wildman–Crippen LogP) is 2.74. The molecule has 1 saturated carbocycles. The van der Waals surface area contributed by atoms with Gasteiger partial charge >= 0.3 is 0 Å². The molecule has 3 rings (SSSR count). The van der Waals surface area contributed by atoms with Crippen LogP contribution >= 0.6 is 0 Å². The summed E-state index contributed by atoms with van der Waals surface area (Å²) in [5.74, 6) is 1.51. The number of carbonyl (C=O) groups excluding carboxylic acids is 2. The molecule has 136 valence electrons. The Morgan fingerprint density at radius 3 is 2.36 bits per heavy atom. The van der Waals surface area contributed by atoms with Crippen molar-refractivity contribution >= 4 is 17.5 Å². The van der Waals surface area contributed by atoms with Crippen molar-refractivity contribution in [3.05, 3.63) is 29.8 Å². The van der Waals surface area contributed by atoms with Gasteiger partial charge in [0.25, 0.3) is 5.91 Å². The van der Waals surface area contributed by atoms with Crippen LogP contribution < -0.4 is 10.6 Å². The number of hydrogen-bond acceptors (Lipinski definition) is 3. The average molecular weight is 343 g/mol. The zero-order valence-corrected chi connectivity index (χ0v) is 15.3. The van der Waals surface area contributed by atoms with E-state index in [1.807, 2.05) is 29.2 Å². The average Bonchev–Trinajstić information content (AvgIpc) is 3.37. The Balaban J connectivity index is 1.50. The third kappa shape index (κ3) is 4.60. The number of likely N-dealkylation sites (tertiary alicyclic amines) is 1. The van der Waals surface area contributed by atoms with E-state index >= 15 is 0 Å². The van der Waals surface area contributed by atoms with Gasteiger partial charge in [-0.15, -0.1) is 0 Å². The molecular formula is C20H29N3O2. The topological polar surface area (TPSA) is 61.4 Å². The van der Waals surface area contributed by atoms with Crippen LogP contribution in [-0.4, -0.2) is 42.9 Å². The first kappa shape index (κ1) is 17.9. The molecular weight excluding hydrogens is 314 g/mol. The van der Waals surface area contributed by atoms with Crippen molar-refractivity contribution in [1.82, 2.24) is 10.2 Å². The second kappa shape index (κ2) is 8.00. The maximum absolute atomic E-state index is 12.6. The summed E-state index contributed by atoms with van der Waals surface area (Å²) in [5.41, 5.74) is 1.47. The minimum Gasteiger partial charge on any atom is -0.339 e. The van der Waals surface area contributed by atoms with E-state index in [2.05, 4.69) is 24.5 Å². The van der Waals surface area contributed by atoms with Gasteiger partial charge in [-0.25, -0.2) is 0 Å². The molecule has 1 aromatic carbocycles. The first-order valence-electron chi connectivity index (χ1n) is 9.49. The fourth-order valence-electron chi connectivity index (χ4n) is 3.49. The molecule has 0 spiro atoms. The van der Waals surface area contributed by atoms with E-state index in [4.69, 9.17) is 0 Å². The second-order valence-corrected chi connectivity index (χ2v) is 7.43. The van der Waals surface area contributed by atoms with Crippen LogP contribution in [0.15, 0.2) is 24.3 Å². The summed E-state index contributed by atoms with van der Waals surface area (Å²) in [6.45, 7) is 7.91. The van der Waals surface area contributed by atoms with E-state index in [1.54, 1.807) is 0 Å². The highest BCUT2D eigenvalue weighted by atomic mass is 16.2. The van der Waals surface area contributed by atoms with Crippen molar-refractivity contribution in [1.29, 1.82) is 0 Å². The minimum atomic E-state index is 0.0920. The Morgan fingerprint density at radius 1 is 1.16 bits per heavy atom. The number of hydrogen-bond donors (Lipinski definition) is 2. The summed E-state index contributed by atoms with van der Waals surface area (Å²) in [7, 11) is 0. The van der Waals surface area contributed by atoms with E-state index in [-0.39, 0.29) is 17.7 Å². The molecule has 5 heteroatoms. The molecule has 0 bridgehead atoms. The fourth-order valence-corrected chi connectivity index (χ4v) is 3.49. The number of carbonyl (C=O) groups is 2. The summed E-state index contributed by atoms with van der Waals surface area (Å²) in [6.07, 6.45) is 3.10. The highest BCUT2D eigenvalue weighted by Crippen LogP contribution is 2.38. The van der Waals surface area contributed by atoms with Crippen LogP contribution in [-0.2, 0) is 4.79 Å². The van der Waals surface area contributed by atoms with E-state index in [0.29, 0.717) is 17.4 Å². The lowest BCUT2D eigenvalue weighted by molar-refractivity contribution is -0.117. The van der Waals surface area contributed by atoms with Gasteiger partial charge in [-0.2, -0.15) is 0 Å². The van der Waals surface area contributed by atoms with Crippen molar-refractivity contribution in [2.45, 2.75) is 33.1 Å². The summed E-state index contributed by atoms with van der Waals surface area (Å²) in [4.78, 5) is 26.6. The Kier molecular flexibility index (Phi) is 5.74. The molecule has 1 aliphatic carbocycles. The summed E-state index contributed by atoms with van der Waals surface area (Å²) >= 11 is 0. The van der Waals surface area contributed by atoms with Crippen LogP contribution in [0.1, 0.15) is 43.5 Å². The summed E-state index contributed by atoms with van der Waals surface area (Å²) in [6, 6.07) is 7.30. The van der Waals surface area contributed by atoms with Gasteiger partial charge in [-0.3, -0.25) is 9.59 Å². The maximum Gasteiger partial charge on any atom is 0.253 e. The number of rotatable bonds is 6. The standard InChI is InChI=1S/C20H29N3O2/c1-3-21-13-15-8-10-23(11-9-15)20(25)16-4-6-17(7-5-16)22-19(24)18-12-14(18)2/h4-7,14-15,18,21H,3,8-13H2,1-2H3,(H,22,24). The Hall–Kier alpha value is -1.88. The lowest BCUT2D eigenvalue weighted by Gasteiger charge is -2.32. The molecule has 5 nitrogen and oxygen atoms in total. The number of nitrogens with zero attached hydrogens (tertiary/aromatic N) is 1. The van der Waals surface area contributed by atoms with E-state index in [9.17, 15) is 9.59 Å². The molecule has 2 aliphatic rings. The zero-order valence-electron chi connectivity index (χ0n) is 15.3. The lowest BCUT2D eigenvalue weighted by Crippen LogP contribution is -2.40. The van der Waals surface area contributed by atoms with Crippen LogP contribution in [0.4, 0.5) is 5.69 Å². The van der Waals surface area contributed by atoms with Gasteiger partial charge in [0.05, 0.1) is 0 Å². The van der Waals surface area contributed by atoms with Gasteiger partial charge in [0.1, 0.15) is 0 Å². The number of benzene rings is 1. The second-order valence-electron chi connectivity index (χ2n) is 7.43. The highest BCUT2D eigenvalue weighted by Gasteiger charge is 2.39. The predicted molar refractivity (Wildman–Crippen MR) is 99.5 cm³/mol. The monoisotopic (exact) mass is 343 g/mol. The Labute approximate surface area is 150 Å². The Bertz CT molecular complexity index is 606. The molecule has 1 aliphatic heterocycles. The van der Waals surface area contributed by atoms with Gasteiger partial charge in [0.2, 0.25) is 5.91 Å². The molecule has 2 N–H and O–H groups in total. The van der Waals surface area contributed by atoms with Crippen molar-refractivity contribution in [2.24, 2.45) is 17.8 Å². The van der Waals surface area contributed by atoms with Crippen molar-refractivity contribution < 1.29 is 9.59 Å². The highest BCUT2D eigenvalue weighted by molar-refractivity contribution is 5.97. The van der Waals surface area contributed by atoms with Gasteiger partial charge in [0.15, 0.2) is 0 Å². The summed E-state index contributed by atoms with van der Waals surface area (Å²) in [5, 5.41) is 6.33. The van der Waals surface area contributed by atoms with Crippen LogP contribution in [0.5, 0.6) is 0 Å². The first-order valence-corrected chi connectivity index (χ1v) is 9.49. The van der Waals surface area contributed by atoms with Crippen molar-refractivity contribution in [3.8, 4) is 0 Å². The quantitative estimate of drug-likeness (QED) is 0.835. The van der Waals surface area contributed by atoms with Crippen LogP contribution in [0, 0.1) is 17.8 Å².